The van der Waals surface area contributed by atoms with Gasteiger partial charge < -0.3 is 14.7 Å². The van der Waals surface area contributed by atoms with Crippen molar-refractivity contribution in [2.45, 2.75) is 32.1 Å². The Morgan fingerprint density at radius 2 is 1.80 bits per heavy atom. The largest absolute Gasteiger partial charge is 0.378 e. The Bertz CT molecular complexity index is 581. The van der Waals surface area contributed by atoms with Crippen LogP contribution in [0, 0.1) is 5.92 Å². The van der Waals surface area contributed by atoms with Gasteiger partial charge in [0.1, 0.15) is 0 Å². The maximum absolute atomic E-state index is 12.6. The minimum absolute atomic E-state index is 0.171. The molecule has 1 aliphatic heterocycles. The van der Waals surface area contributed by atoms with E-state index in [0.29, 0.717) is 18.8 Å². The van der Waals surface area contributed by atoms with Crippen LogP contribution in [0.3, 0.4) is 0 Å². The third-order valence-corrected chi connectivity index (χ3v) is 4.95. The van der Waals surface area contributed by atoms with Gasteiger partial charge in [-0.2, -0.15) is 0 Å². The Balaban J connectivity index is 1.85. The number of rotatable bonds is 6. The van der Waals surface area contributed by atoms with Crippen molar-refractivity contribution in [3.63, 3.8) is 0 Å². The molecule has 0 spiro atoms. The SMILES string of the molecule is CN(C)C(=O)CCC1CCCN(C(=O)Cc2ccc(N(C)C)cc2)C1. The summed E-state index contributed by atoms with van der Waals surface area (Å²) in [6, 6.07) is 8.16. The molecule has 1 unspecified atom stereocenters. The Morgan fingerprint density at radius 1 is 1.12 bits per heavy atom. The number of nitrogens with zero attached hydrogens (tertiary/aromatic N) is 3. The summed E-state index contributed by atoms with van der Waals surface area (Å²) < 4.78 is 0. The third kappa shape index (κ3) is 5.76. The Hall–Kier alpha value is -2.04. The van der Waals surface area contributed by atoms with Crippen LogP contribution in [0.5, 0.6) is 0 Å². The van der Waals surface area contributed by atoms with Crippen molar-refractivity contribution in [3.05, 3.63) is 29.8 Å². The molecule has 0 saturated carbocycles. The molecule has 0 radical (unpaired) electrons. The minimum atomic E-state index is 0.171. The average Bonchev–Trinajstić information content (AvgIpc) is 2.60. The molecule has 0 bridgehead atoms. The molecule has 1 aromatic carbocycles. The first kappa shape index (κ1) is 19.3. The van der Waals surface area contributed by atoms with Crippen LogP contribution in [-0.2, 0) is 16.0 Å². The molecule has 1 heterocycles. The van der Waals surface area contributed by atoms with Gasteiger partial charge in [0.15, 0.2) is 0 Å². The summed E-state index contributed by atoms with van der Waals surface area (Å²) in [5, 5.41) is 0. The summed E-state index contributed by atoms with van der Waals surface area (Å²) in [5.74, 6) is 0.809. The van der Waals surface area contributed by atoms with Crippen LogP contribution in [0.15, 0.2) is 24.3 Å². The molecule has 1 aliphatic rings. The number of hydrogen-bond donors (Lipinski definition) is 0. The summed E-state index contributed by atoms with van der Waals surface area (Å²) in [6.07, 6.45) is 4.05. The fourth-order valence-corrected chi connectivity index (χ4v) is 3.28. The molecule has 1 atom stereocenters. The lowest BCUT2D eigenvalue weighted by Crippen LogP contribution is -2.41. The highest BCUT2D eigenvalue weighted by Crippen LogP contribution is 2.22. The molecule has 5 heteroatoms. The van der Waals surface area contributed by atoms with E-state index in [1.165, 1.54) is 0 Å². The number of likely N-dealkylation sites (tertiary alicyclic amines) is 1. The average molecular weight is 345 g/mol. The lowest BCUT2D eigenvalue weighted by molar-refractivity contribution is -0.132. The van der Waals surface area contributed by atoms with Gasteiger partial charge >= 0.3 is 0 Å². The van der Waals surface area contributed by atoms with Gasteiger partial charge in [0.25, 0.3) is 0 Å². The Labute approximate surface area is 151 Å². The van der Waals surface area contributed by atoms with Gasteiger partial charge in [-0.3, -0.25) is 9.59 Å². The standard InChI is InChI=1S/C20H31N3O2/c1-21(2)18-10-7-16(8-11-18)14-20(25)23-13-5-6-17(15-23)9-12-19(24)22(3)4/h7-8,10-11,17H,5-6,9,12-15H2,1-4H3. The second-order valence-electron chi connectivity index (χ2n) is 7.41. The first-order valence-electron chi connectivity index (χ1n) is 9.11. The molecule has 1 aromatic rings. The van der Waals surface area contributed by atoms with E-state index in [1.807, 2.05) is 31.1 Å². The Morgan fingerprint density at radius 3 is 2.40 bits per heavy atom. The molecule has 138 valence electrons. The summed E-state index contributed by atoms with van der Waals surface area (Å²) in [5.41, 5.74) is 2.19. The zero-order valence-corrected chi connectivity index (χ0v) is 16.0. The summed E-state index contributed by atoms with van der Waals surface area (Å²) in [4.78, 5) is 30.1. The normalized spacial score (nSPS) is 17.3. The summed E-state index contributed by atoms with van der Waals surface area (Å²) in [6.45, 7) is 1.63. The van der Waals surface area contributed by atoms with Crippen molar-refractivity contribution < 1.29 is 9.59 Å². The number of carbonyl (C=O) groups excluding carboxylic acids is 2. The lowest BCUT2D eigenvalue weighted by Gasteiger charge is -2.33. The van der Waals surface area contributed by atoms with Crippen LogP contribution in [-0.4, -0.2) is 62.9 Å². The van der Waals surface area contributed by atoms with Crippen LogP contribution in [0.4, 0.5) is 5.69 Å². The van der Waals surface area contributed by atoms with Crippen molar-refractivity contribution in [2.24, 2.45) is 5.92 Å². The van der Waals surface area contributed by atoms with Crippen LogP contribution in [0.1, 0.15) is 31.2 Å². The zero-order chi connectivity index (χ0) is 18.4. The molecule has 0 N–H and O–H groups in total. The van der Waals surface area contributed by atoms with Crippen LogP contribution in [0.25, 0.3) is 0 Å². The fourth-order valence-electron chi connectivity index (χ4n) is 3.28. The maximum Gasteiger partial charge on any atom is 0.226 e. The van der Waals surface area contributed by atoms with Gasteiger partial charge in [0, 0.05) is 53.4 Å². The molecule has 1 saturated heterocycles. The number of anilines is 1. The van der Waals surface area contributed by atoms with Gasteiger partial charge in [0.2, 0.25) is 11.8 Å². The highest BCUT2D eigenvalue weighted by Gasteiger charge is 2.24. The van der Waals surface area contributed by atoms with E-state index in [-0.39, 0.29) is 11.8 Å². The van der Waals surface area contributed by atoms with Crippen LogP contribution < -0.4 is 4.90 Å². The van der Waals surface area contributed by atoms with E-state index < -0.39 is 0 Å². The van der Waals surface area contributed by atoms with Crippen molar-refractivity contribution >= 4 is 17.5 Å². The Kier molecular flexibility index (Phi) is 6.85. The predicted octanol–water partition coefficient (Wildman–Crippen LogP) is 2.40. The van der Waals surface area contributed by atoms with Crippen molar-refractivity contribution in [1.29, 1.82) is 0 Å². The second kappa shape index (κ2) is 8.88. The van der Waals surface area contributed by atoms with E-state index in [1.54, 1.807) is 19.0 Å². The van der Waals surface area contributed by atoms with Gasteiger partial charge in [-0.1, -0.05) is 12.1 Å². The van der Waals surface area contributed by atoms with E-state index in [0.717, 1.165) is 43.6 Å². The smallest absolute Gasteiger partial charge is 0.226 e. The van der Waals surface area contributed by atoms with E-state index in [9.17, 15) is 9.59 Å². The third-order valence-electron chi connectivity index (χ3n) is 4.95. The fraction of sp³-hybridized carbons (Fsp3) is 0.600. The second-order valence-corrected chi connectivity index (χ2v) is 7.41. The quantitative estimate of drug-likeness (QED) is 0.795. The molecule has 25 heavy (non-hydrogen) atoms. The highest BCUT2D eigenvalue weighted by molar-refractivity contribution is 5.79. The molecular formula is C20H31N3O2. The lowest BCUT2D eigenvalue weighted by atomic mass is 9.92. The van der Waals surface area contributed by atoms with Gasteiger partial charge in [-0.25, -0.2) is 0 Å². The van der Waals surface area contributed by atoms with E-state index in [2.05, 4.69) is 17.0 Å². The molecular weight excluding hydrogens is 314 g/mol. The summed E-state index contributed by atoms with van der Waals surface area (Å²) in [7, 11) is 7.60. The van der Waals surface area contributed by atoms with E-state index >= 15 is 0 Å². The minimum Gasteiger partial charge on any atom is -0.378 e. The van der Waals surface area contributed by atoms with Gasteiger partial charge in [0.05, 0.1) is 6.42 Å². The van der Waals surface area contributed by atoms with Crippen LogP contribution in [0.2, 0.25) is 0 Å². The molecule has 0 aromatic heterocycles. The first-order valence-corrected chi connectivity index (χ1v) is 9.11. The molecule has 0 aliphatic carbocycles. The molecule has 2 rings (SSSR count). The van der Waals surface area contributed by atoms with Crippen molar-refractivity contribution in [3.8, 4) is 0 Å². The van der Waals surface area contributed by atoms with Crippen molar-refractivity contribution in [1.82, 2.24) is 9.80 Å². The number of benzene rings is 1. The van der Waals surface area contributed by atoms with Crippen LogP contribution >= 0.6 is 0 Å². The maximum atomic E-state index is 12.6. The number of carbonyl (C=O) groups is 2. The summed E-state index contributed by atoms with van der Waals surface area (Å²) >= 11 is 0. The van der Waals surface area contributed by atoms with Crippen molar-refractivity contribution in [2.75, 3.05) is 46.2 Å². The molecule has 2 amide bonds. The number of amides is 2. The molecule has 5 nitrogen and oxygen atoms in total. The van der Waals surface area contributed by atoms with Gasteiger partial charge in [-0.15, -0.1) is 0 Å². The molecule has 1 fully saturated rings. The topological polar surface area (TPSA) is 43.9 Å². The van der Waals surface area contributed by atoms with Gasteiger partial charge in [-0.05, 0) is 42.9 Å². The number of piperidine rings is 1. The number of hydrogen-bond acceptors (Lipinski definition) is 3. The first-order chi connectivity index (χ1) is 11.9. The monoisotopic (exact) mass is 345 g/mol. The zero-order valence-electron chi connectivity index (χ0n) is 16.0. The van der Waals surface area contributed by atoms with E-state index in [4.69, 9.17) is 0 Å². The highest BCUT2D eigenvalue weighted by atomic mass is 16.2. The predicted molar refractivity (Wildman–Crippen MR) is 102 cm³/mol.